The Morgan fingerprint density at radius 1 is 1.31 bits per heavy atom. The van der Waals surface area contributed by atoms with Crippen LogP contribution in [0.15, 0.2) is 57.4 Å². The largest absolute Gasteiger partial charge is 0.539 e. The van der Waals surface area contributed by atoms with Crippen LogP contribution in [0.5, 0.6) is 11.7 Å². The summed E-state index contributed by atoms with van der Waals surface area (Å²) in [5.41, 5.74) is -1.93. The first-order valence-corrected chi connectivity index (χ1v) is 11.5. The van der Waals surface area contributed by atoms with Crippen LogP contribution >= 0.6 is 23.1 Å². The number of thiophene rings is 1. The van der Waals surface area contributed by atoms with Crippen molar-refractivity contribution in [2.75, 3.05) is 12.9 Å². The molecule has 0 atom stereocenters. The quantitative estimate of drug-likeness (QED) is 0.205. The Hall–Kier alpha value is -3.89. The Labute approximate surface area is 204 Å². The zero-order valence-electron chi connectivity index (χ0n) is 17.7. The highest BCUT2D eigenvalue weighted by atomic mass is 32.2. The van der Waals surface area contributed by atoms with Gasteiger partial charge in [0.25, 0.3) is 0 Å². The van der Waals surface area contributed by atoms with Gasteiger partial charge in [-0.15, -0.1) is 11.3 Å². The van der Waals surface area contributed by atoms with E-state index in [9.17, 15) is 28.3 Å². The number of carbonyl (C=O) groups excluding carboxylic acids is 1. The van der Waals surface area contributed by atoms with Gasteiger partial charge in [-0.05, 0) is 34.3 Å². The topological polar surface area (TPSA) is 116 Å². The molecule has 13 heteroatoms. The van der Waals surface area contributed by atoms with Gasteiger partial charge in [0, 0.05) is 12.1 Å². The lowest BCUT2D eigenvalue weighted by Crippen LogP contribution is -2.39. The molecular weight excluding hydrogens is 505 g/mol. The Bertz CT molecular complexity index is 1410. The number of hydrogen-bond acceptors (Lipinski definition) is 9. The van der Waals surface area contributed by atoms with Crippen LogP contribution in [0.1, 0.15) is 21.6 Å². The number of halogens is 3. The molecule has 0 spiro atoms. The predicted octanol–water partition coefficient (Wildman–Crippen LogP) is 4.02. The van der Waals surface area contributed by atoms with Crippen LogP contribution in [0, 0.1) is 11.3 Å². The minimum atomic E-state index is -4.81. The van der Waals surface area contributed by atoms with Crippen molar-refractivity contribution in [2.45, 2.75) is 11.2 Å². The Kier molecular flexibility index (Phi) is 6.77. The van der Waals surface area contributed by atoms with Gasteiger partial charge in [0.15, 0.2) is 5.95 Å². The molecule has 0 bridgehead atoms. The van der Waals surface area contributed by atoms with E-state index < -0.39 is 40.5 Å². The summed E-state index contributed by atoms with van der Waals surface area (Å²) in [6, 6.07) is 11.9. The highest BCUT2D eigenvalue weighted by Crippen LogP contribution is 2.38. The number of aromatic nitrogens is 3. The molecule has 0 aliphatic carbocycles. The minimum Gasteiger partial charge on any atom is -0.539 e. The number of nitrogens with zero attached hydrogens (tertiary/aromatic N) is 4. The first kappa shape index (κ1) is 24.2. The number of carbonyl (C=O) groups is 1. The second-order valence-electron chi connectivity index (χ2n) is 6.85. The minimum absolute atomic E-state index is 0.0177. The van der Waals surface area contributed by atoms with Gasteiger partial charge in [-0.2, -0.15) is 18.4 Å². The van der Waals surface area contributed by atoms with Crippen LogP contribution in [0.2, 0.25) is 0 Å². The number of nitriles is 1. The van der Waals surface area contributed by atoms with E-state index in [-0.39, 0.29) is 10.7 Å². The van der Waals surface area contributed by atoms with Gasteiger partial charge < -0.3 is 14.4 Å². The fourth-order valence-corrected chi connectivity index (χ4v) is 4.64. The van der Waals surface area contributed by atoms with Crippen molar-refractivity contribution >= 4 is 28.9 Å². The zero-order valence-corrected chi connectivity index (χ0v) is 19.3. The molecule has 1 aromatic carbocycles. The highest BCUT2D eigenvalue weighted by molar-refractivity contribution is 8.00. The van der Waals surface area contributed by atoms with Gasteiger partial charge in [-0.3, -0.25) is 4.79 Å². The molecule has 4 aromatic rings. The fourth-order valence-electron chi connectivity index (χ4n) is 3.09. The molecule has 4 rings (SSSR count). The monoisotopic (exact) mass is 518 g/mol. The highest BCUT2D eigenvalue weighted by Gasteiger charge is 2.36. The summed E-state index contributed by atoms with van der Waals surface area (Å²) in [4.78, 5) is 17.6. The smallest absolute Gasteiger partial charge is 0.417 e. The van der Waals surface area contributed by atoms with Crippen LogP contribution in [-0.4, -0.2) is 28.9 Å². The predicted molar refractivity (Wildman–Crippen MR) is 116 cm³/mol. The summed E-state index contributed by atoms with van der Waals surface area (Å²) in [6.45, 7) is 0. The second-order valence-corrected chi connectivity index (χ2v) is 8.76. The van der Waals surface area contributed by atoms with Crippen LogP contribution in [0.3, 0.4) is 0 Å². The van der Waals surface area contributed by atoms with E-state index in [2.05, 4.69) is 14.8 Å². The molecule has 0 N–H and O–H groups in total. The van der Waals surface area contributed by atoms with Crippen LogP contribution < -0.4 is 14.5 Å². The maximum absolute atomic E-state index is 13.7. The summed E-state index contributed by atoms with van der Waals surface area (Å²) < 4.78 is 51.7. The van der Waals surface area contributed by atoms with Gasteiger partial charge in [0.05, 0.1) is 39.8 Å². The number of Topliss-reactive ketones (excluding diaryl/α,β-unsaturated/α-hetero) is 1. The Balaban J connectivity index is 1.67. The normalized spacial score (nSPS) is 11.3. The number of benzene rings is 1. The summed E-state index contributed by atoms with van der Waals surface area (Å²) in [6.07, 6.45) is -4.81. The van der Waals surface area contributed by atoms with Crippen LogP contribution in [0.25, 0.3) is 16.3 Å². The lowest BCUT2D eigenvalue weighted by Gasteiger charge is -2.13. The van der Waals surface area contributed by atoms with Gasteiger partial charge in [-0.25, -0.2) is 4.98 Å². The molecule has 0 amide bonds. The lowest BCUT2D eigenvalue weighted by atomic mass is 10.1. The summed E-state index contributed by atoms with van der Waals surface area (Å²) in [5, 5.41) is 26.6. The maximum atomic E-state index is 13.7. The van der Waals surface area contributed by atoms with E-state index in [4.69, 9.17) is 4.74 Å². The van der Waals surface area contributed by atoms with Gasteiger partial charge in [-0.1, -0.05) is 17.8 Å². The fraction of sp³-hybridized carbons (Fsp3) is 0.136. The summed E-state index contributed by atoms with van der Waals surface area (Å²) in [5.74, 6) is -1.73. The van der Waals surface area contributed by atoms with Crippen LogP contribution in [0.4, 0.5) is 13.2 Å². The molecule has 178 valence electrons. The van der Waals surface area contributed by atoms with Crippen molar-refractivity contribution < 1.29 is 37.0 Å². The molecule has 0 fully saturated rings. The van der Waals surface area contributed by atoms with E-state index in [0.29, 0.717) is 28.1 Å². The molecule has 8 nitrogen and oxygen atoms in total. The number of alkyl halides is 3. The van der Waals surface area contributed by atoms with Crippen molar-refractivity contribution in [3.8, 4) is 34.0 Å². The molecule has 0 unspecified atom stereocenters. The number of hydrogen-bond donors (Lipinski definition) is 0. The van der Waals surface area contributed by atoms with Crippen molar-refractivity contribution in [1.82, 2.24) is 10.3 Å². The number of pyridine rings is 1. The standard InChI is InChI=1S/C22H13F3N4O4S2/c1-32-13-6-4-12(5-7-13)29-19(21(31)33-28-29)17(30)11-35-20-14(10-26)15(22(23,24)25)9-16(27-20)18-3-2-8-34-18/h2-9H,11H2,1H3. The van der Waals surface area contributed by atoms with Crippen molar-refractivity contribution in [1.29, 1.82) is 5.26 Å². The Morgan fingerprint density at radius 2 is 2.06 bits per heavy atom. The number of ether oxygens (including phenoxy) is 1. The first-order valence-electron chi connectivity index (χ1n) is 9.68. The zero-order chi connectivity index (χ0) is 25.2. The third-order valence-electron chi connectivity index (χ3n) is 4.71. The SMILES string of the molecule is COc1ccc(-[n+]2noc([O-])c2C(=O)CSc2nc(-c3cccs3)cc(C(F)(F)F)c2C#N)cc1. The van der Waals surface area contributed by atoms with E-state index in [0.717, 1.165) is 10.7 Å². The summed E-state index contributed by atoms with van der Waals surface area (Å²) in [7, 11) is 1.47. The van der Waals surface area contributed by atoms with Crippen molar-refractivity contribution in [3.63, 3.8) is 0 Å². The second kappa shape index (κ2) is 9.77. The summed E-state index contributed by atoms with van der Waals surface area (Å²) >= 11 is 1.80. The molecule has 0 aliphatic heterocycles. The van der Waals surface area contributed by atoms with Gasteiger partial charge in [0.1, 0.15) is 16.8 Å². The molecular formula is C22H13F3N4O4S2. The maximum Gasteiger partial charge on any atom is 0.417 e. The molecule has 0 saturated heterocycles. The number of rotatable bonds is 7. The van der Waals surface area contributed by atoms with Gasteiger partial charge in [0.2, 0.25) is 11.5 Å². The van der Waals surface area contributed by atoms with Gasteiger partial charge >= 0.3 is 11.9 Å². The number of ketones is 1. The van der Waals surface area contributed by atoms with Crippen molar-refractivity contribution in [3.05, 3.63) is 64.7 Å². The first-order chi connectivity index (χ1) is 16.7. The lowest BCUT2D eigenvalue weighted by molar-refractivity contribution is -0.672. The number of thioether (sulfide) groups is 1. The Morgan fingerprint density at radius 3 is 2.66 bits per heavy atom. The molecule has 3 heterocycles. The van der Waals surface area contributed by atoms with Crippen molar-refractivity contribution in [2.24, 2.45) is 0 Å². The van der Waals surface area contributed by atoms with Crippen LogP contribution in [-0.2, 0) is 6.18 Å². The molecule has 3 aromatic heterocycles. The third kappa shape index (κ3) is 4.98. The molecule has 0 aliphatic rings. The average Bonchev–Trinajstić information content (AvgIpc) is 3.51. The third-order valence-corrected chi connectivity index (χ3v) is 6.58. The van der Waals surface area contributed by atoms with E-state index in [1.807, 2.05) is 0 Å². The average molecular weight is 518 g/mol. The molecule has 35 heavy (non-hydrogen) atoms. The molecule has 0 saturated carbocycles. The van der Waals surface area contributed by atoms with E-state index in [1.54, 1.807) is 47.8 Å². The van der Waals surface area contributed by atoms with E-state index >= 15 is 0 Å². The number of methoxy groups -OCH3 is 1. The molecule has 0 radical (unpaired) electrons. The van der Waals surface area contributed by atoms with E-state index in [1.165, 1.54) is 18.4 Å².